The maximum absolute atomic E-state index is 5.01. The maximum Gasteiger partial charge on any atom is 0.111 e. The van der Waals surface area contributed by atoms with Crippen LogP contribution >= 0.6 is 0 Å². The zero-order valence-electron chi connectivity index (χ0n) is 31.0. The first kappa shape index (κ1) is 41.2. The fourth-order valence-corrected chi connectivity index (χ4v) is 7.24. The molecule has 2 unspecified atom stereocenters. The Morgan fingerprint density at radius 3 is 1.07 bits per heavy atom. The van der Waals surface area contributed by atoms with E-state index in [0.717, 1.165) is 0 Å². The highest BCUT2D eigenvalue weighted by Crippen LogP contribution is 2.31. The van der Waals surface area contributed by atoms with Crippen LogP contribution in [0.2, 0.25) is 0 Å². The summed E-state index contributed by atoms with van der Waals surface area (Å²) in [5.41, 5.74) is 0. The first-order chi connectivity index (χ1) is 21.7. The SMILES string of the molecule is CCCCCCCCCCCCCCCCCC(C)n1ccnc1C(CCCCCCCC)CCCCCCCCCCC. The highest BCUT2D eigenvalue weighted by atomic mass is 15.1. The second-order valence-electron chi connectivity index (χ2n) is 14.7. The summed E-state index contributed by atoms with van der Waals surface area (Å²) in [5.74, 6) is 2.07. The van der Waals surface area contributed by atoms with E-state index < -0.39 is 0 Å². The third-order valence-corrected chi connectivity index (χ3v) is 10.3. The standard InChI is InChI=1S/C42H82N2/c1-5-8-11-14-17-19-20-21-22-23-24-26-27-29-32-35-40(4)44-39-38-43-42(44)41(36-33-30-16-13-10-7-3)37-34-31-28-25-18-15-12-9-6-2/h38-41H,5-37H2,1-4H3. The fraction of sp³-hybridized carbons (Fsp3) is 0.929. The molecule has 1 aromatic heterocycles. The van der Waals surface area contributed by atoms with Crippen LogP contribution in [0.15, 0.2) is 12.4 Å². The second-order valence-corrected chi connectivity index (χ2v) is 14.7. The fourth-order valence-electron chi connectivity index (χ4n) is 7.24. The van der Waals surface area contributed by atoms with Crippen LogP contribution in [0.4, 0.5) is 0 Å². The topological polar surface area (TPSA) is 17.8 Å². The largest absolute Gasteiger partial charge is 0.332 e. The molecular formula is C42H82N2. The number of unbranched alkanes of at least 4 members (excludes halogenated alkanes) is 27. The Kier molecular flexibility index (Phi) is 30.1. The molecule has 2 atom stereocenters. The molecule has 0 aliphatic rings. The molecule has 0 aliphatic carbocycles. The molecule has 0 bridgehead atoms. The molecule has 1 rings (SSSR count). The third kappa shape index (κ3) is 23.5. The predicted molar refractivity (Wildman–Crippen MR) is 199 cm³/mol. The lowest BCUT2D eigenvalue weighted by Gasteiger charge is -2.22. The van der Waals surface area contributed by atoms with Gasteiger partial charge in [0.2, 0.25) is 0 Å². The second kappa shape index (κ2) is 32.2. The minimum Gasteiger partial charge on any atom is -0.332 e. The van der Waals surface area contributed by atoms with E-state index >= 15 is 0 Å². The number of hydrogen-bond donors (Lipinski definition) is 0. The zero-order valence-corrected chi connectivity index (χ0v) is 31.0. The lowest BCUT2D eigenvalue weighted by molar-refractivity contribution is 0.412. The third-order valence-electron chi connectivity index (χ3n) is 10.3. The van der Waals surface area contributed by atoms with Crippen LogP contribution in [0.5, 0.6) is 0 Å². The first-order valence-corrected chi connectivity index (χ1v) is 20.8. The number of nitrogens with zero attached hydrogens (tertiary/aromatic N) is 2. The van der Waals surface area contributed by atoms with Crippen LogP contribution in [0.1, 0.15) is 257 Å². The van der Waals surface area contributed by atoms with E-state index in [4.69, 9.17) is 4.98 Å². The molecule has 0 fully saturated rings. The summed E-state index contributed by atoms with van der Waals surface area (Å²) in [7, 11) is 0. The smallest absolute Gasteiger partial charge is 0.111 e. The van der Waals surface area contributed by atoms with Gasteiger partial charge in [0.1, 0.15) is 5.82 Å². The van der Waals surface area contributed by atoms with E-state index in [2.05, 4.69) is 44.7 Å². The summed E-state index contributed by atoms with van der Waals surface area (Å²) < 4.78 is 2.58. The highest BCUT2D eigenvalue weighted by molar-refractivity contribution is 5.02. The van der Waals surface area contributed by atoms with E-state index in [9.17, 15) is 0 Å². The summed E-state index contributed by atoms with van der Waals surface area (Å²) in [6.07, 6.45) is 51.2. The minimum atomic E-state index is 0.588. The molecule has 44 heavy (non-hydrogen) atoms. The van der Waals surface area contributed by atoms with Crippen molar-refractivity contribution in [3.8, 4) is 0 Å². The molecule has 0 N–H and O–H groups in total. The predicted octanol–water partition coefficient (Wildman–Crippen LogP) is 15.5. The van der Waals surface area contributed by atoms with Gasteiger partial charge in [0.05, 0.1) is 0 Å². The van der Waals surface area contributed by atoms with Gasteiger partial charge in [-0.25, -0.2) is 4.98 Å². The van der Waals surface area contributed by atoms with Crippen molar-refractivity contribution in [2.45, 2.75) is 252 Å². The number of hydrogen-bond acceptors (Lipinski definition) is 1. The van der Waals surface area contributed by atoms with Crippen molar-refractivity contribution >= 4 is 0 Å². The van der Waals surface area contributed by atoms with Crippen molar-refractivity contribution in [1.29, 1.82) is 0 Å². The van der Waals surface area contributed by atoms with Gasteiger partial charge in [-0.05, 0) is 26.2 Å². The monoisotopic (exact) mass is 615 g/mol. The number of rotatable bonds is 35. The van der Waals surface area contributed by atoms with Crippen LogP contribution < -0.4 is 0 Å². The highest BCUT2D eigenvalue weighted by Gasteiger charge is 2.19. The Balaban J connectivity index is 2.30. The van der Waals surface area contributed by atoms with Crippen molar-refractivity contribution < 1.29 is 0 Å². The van der Waals surface area contributed by atoms with Crippen LogP contribution in [0, 0.1) is 0 Å². The van der Waals surface area contributed by atoms with Gasteiger partial charge in [0.15, 0.2) is 0 Å². The molecule has 0 spiro atoms. The summed E-state index contributed by atoms with van der Waals surface area (Å²) >= 11 is 0. The summed E-state index contributed by atoms with van der Waals surface area (Å²) in [6.45, 7) is 9.40. The van der Waals surface area contributed by atoms with Crippen molar-refractivity contribution in [3.63, 3.8) is 0 Å². The van der Waals surface area contributed by atoms with Gasteiger partial charge in [0.25, 0.3) is 0 Å². The van der Waals surface area contributed by atoms with Crippen LogP contribution in [-0.4, -0.2) is 9.55 Å². The Hall–Kier alpha value is -0.790. The number of imidazole rings is 1. The molecule has 0 saturated heterocycles. The van der Waals surface area contributed by atoms with Gasteiger partial charge >= 0.3 is 0 Å². The van der Waals surface area contributed by atoms with E-state index in [0.29, 0.717) is 12.0 Å². The molecule has 0 radical (unpaired) electrons. The first-order valence-electron chi connectivity index (χ1n) is 20.8. The lowest BCUT2D eigenvalue weighted by Crippen LogP contribution is -2.13. The van der Waals surface area contributed by atoms with E-state index in [1.54, 1.807) is 0 Å². The molecule has 1 aromatic rings. The Morgan fingerprint density at radius 1 is 0.432 bits per heavy atom. The van der Waals surface area contributed by atoms with E-state index in [1.165, 1.54) is 218 Å². The van der Waals surface area contributed by atoms with Crippen molar-refractivity contribution in [3.05, 3.63) is 18.2 Å². The quantitative estimate of drug-likeness (QED) is 0.0695. The van der Waals surface area contributed by atoms with Gasteiger partial charge in [-0.3, -0.25) is 0 Å². The lowest BCUT2D eigenvalue weighted by atomic mass is 9.92. The van der Waals surface area contributed by atoms with Gasteiger partial charge in [-0.2, -0.15) is 0 Å². The molecule has 2 nitrogen and oxygen atoms in total. The molecule has 0 saturated carbocycles. The maximum atomic E-state index is 5.01. The van der Waals surface area contributed by atoms with Crippen LogP contribution in [-0.2, 0) is 0 Å². The molecule has 2 heteroatoms. The van der Waals surface area contributed by atoms with Crippen molar-refractivity contribution in [2.75, 3.05) is 0 Å². The summed E-state index contributed by atoms with van der Waals surface area (Å²) in [5, 5.41) is 0. The molecule has 0 aromatic carbocycles. The Morgan fingerprint density at radius 2 is 0.727 bits per heavy atom. The number of aromatic nitrogens is 2. The van der Waals surface area contributed by atoms with E-state index in [-0.39, 0.29) is 0 Å². The zero-order chi connectivity index (χ0) is 31.8. The summed E-state index contributed by atoms with van der Waals surface area (Å²) in [4.78, 5) is 5.01. The normalized spacial score (nSPS) is 13.1. The van der Waals surface area contributed by atoms with Gasteiger partial charge in [0, 0.05) is 24.4 Å². The van der Waals surface area contributed by atoms with Crippen molar-refractivity contribution in [1.82, 2.24) is 9.55 Å². The molecule has 0 amide bonds. The molecule has 260 valence electrons. The Bertz CT molecular complexity index is 679. The average Bonchev–Trinajstić information content (AvgIpc) is 3.53. The Labute approximate surface area is 278 Å². The molecule has 1 heterocycles. The minimum absolute atomic E-state index is 0.588. The van der Waals surface area contributed by atoms with Crippen molar-refractivity contribution in [2.24, 2.45) is 0 Å². The average molecular weight is 615 g/mol. The van der Waals surface area contributed by atoms with Gasteiger partial charge in [-0.1, -0.05) is 213 Å². The van der Waals surface area contributed by atoms with Crippen LogP contribution in [0.25, 0.3) is 0 Å². The molecule has 0 aliphatic heterocycles. The van der Waals surface area contributed by atoms with Gasteiger partial charge < -0.3 is 4.57 Å². The van der Waals surface area contributed by atoms with Gasteiger partial charge in [-0.15, -0.1) is 0 Å². The van der Waals surface area contributed by atoms with E-state index in [1.807, 2.05) is 0 Å². The summed E-state index contributed by atoms with van der Waals surface area (Å²) in [6, 6.07) is 0.588. The van der Waals surface area contributed by atoms with Crippen LogP contribution in [0.3, 0.4) is 0 Å². The molecular weight excluding hydrogens is 532 g/mol.